The number of nitrogens with zero attached hydrogens (tertiary/aromatic N) is 2. The molecule has 0 amide bonds. The smallest absolute Gasteiger partial charge is 0.141 e. The summed E-state index contributed by atoms with van der Waals surface area (Å²) in [5, 5.41) is 7.39. The topological polar surface area (TPSA) is 75.2 Å². The summed E-state index contributed by atoms with van der Waals surface area (Å²) >= 11 is 0. The zero-order valence-corrected chi connectivity index (χ0v) is 10.2. The molecule has 2 rings (SSSR count). The first-order valence-electron chi connectivity index (χ1n) is 5.74. The van der Waals surface area contributed by atoms with Gasteiger partial charge in [0.25, 0.3) is 0 Å². The predicted molar refractivity (Wildman–Crippen MR) is 67.5 cm³/mol. The molecular formula is C12H18N4O. The number of hydrogen-bond donors (Lipinski definition) is 2. The fourth-order valence-corrected chi connectivity index (χ4v) is 2.21. The first-order chi connectivity index (χ1) is 8.09. The van der Waals surface area contributed by atoms with E-state index in [4.69, 9.17) is 15.9 Å². The Morgan fingerprint density at radius 3 is 3.00 bits per heavy atom. The molecule has 2 atom stereocenters. The number of aromatic nitrogens is 1. The Balaban J connectivity index is 2.21. The number of nitrogens with two attached hydrogens (primary N) is 1. The third-order valence-corrected chi connectivity index (χ3v) is 3.26. The number of pyridine rings is 1. The van der Waals surface area contributed by atoms with Crippen molar-refractivity contribution in [1.82, 2.24) is 4.98 Å². The molecule has 1 aromatic rings. The van der Waals surface area contributed by atoms with Gasteiger partial charge in [-0.3, -0.25) is 10.4 Å². The van der Waals surface area contributed by atoms with Crippen LogP contribution in [0.25, 0.3) is 0 Å². The molecule has 0 radical (unpaired) electrons. The number of hydrogen-bond acceptors (Lipinski definition) is 4. The van der Waals surface area contributed by atoms with E-state index in [0.29, 0.717) is 11.7 Å². The van der Waals surface area contributed by atoms with Gasteiger partial charge in [-0.15, -0.1) is 0 Å². The highest BCUT2D eigenvalue weighted by Gasteiger charge is 2.28. The van der Waals surface area contributed by atoms with E-state index in [9.17, 15) is 0 Å². The van der Waals surface area contributed by atoms with Gasteiger partial charge in [-0.05, 0) is 25.5 Å². The SMILES string of the molecule is CC1OCCC1N(C)c1ccnc(C(=N)N)c1. The van der Waals surface area contributed by atoms with E-state index >= 15 is 0 Å². The van der Waals surface area contributed by atoms with Crippen molar-refractivity contribution in [1.29, 1.82) is 5.41 Å². The molecule has 5 heteroatoms. The van der Waals surface area contributed by atoms with Crippen LogP contribution in [0, 0.1) is 5.41 Å². The van der Waals surface area contributed by atoms with Crippen molar-refractivity contribution in [2.24, 2.45) is 5.73 Å². The van der Waals surface area contributed by atoms with Crippen molar-refractivity contribution >= 4 is 11.5 Å². The van der Waals surface area contributed by atoms with Crippen LogP contribution in [0.3, 0.4) is 0 Å². The number of rotatable bonds is 3. The van der Waals surface area contributed by atoms with Crippen LogP contribution in [-0.2, 0) is 4.74 Å². The zero-order chi connectivity index (χ0) is 12.4. The molecule has 0 saturated carbocycles. The number of likely N-dealkylation sites (N-methyl/N-ethyl adjacent to an activating group) is 1. The Kier molecular flexibility index (Phi) is 3.28. The molecule has 3 N–H and O–H groups in total. The lowest BCUT2D eigenvalue weighted by Crippen LogP contribution is -2.36. The van der Waals surface area contributed by atoms with E-state index in [-0.39, 0.29) is 11.9 Å². The molecule has 1 aliphatic rings. The van der Waals surface area contributed by atoms with Crippen LogP contribution < -0.4 is 10.6 Å². The summed E-state index contributed by atoms with van der Waals surface area (Å²) in [6, 6.07) is 4.14. The number of amidine groups is 1. The Labute approximate surface area is 101 Å². The molecule has 92 valence electrons. The third-order valence-electron chi connectivity index (χ3n) is 3.26. The van der Waals surface area contributed by atoms with E-state index in [2.05, 4.69) is 16.8 Å². The molecule has 1 aromatic heterocycles. The maximum Gasteiger partial charge on any atom is 0.141 e. The average molecular weight is 234 g/mol. The van der Waals surface area contributed by atoms with Gasteiger partial charge >= 0.3 is 0 Å². The van der Waals surface area contributed by atoms with Crippen LogP contribution >= 0.6 is 0 Å². The van der Waals surface area contributed by atoms with Crippen LogP contribution in [0.2, 0.25) is 0 Å². The second-order valence-electron chi connectivity index (χ2n) is 4.36. The molecule has 1 saturated heterocycles. The van der Waals surface area contributed by atoms with Gasteiger partial charge in [-0.1, -0.05) is 0 Å². The second kappa shape index (κ2) is 4.71. The molecule has 0 aromatic carbocycles. The second-order valence-corrected chi connectivity index (χ2v) is 4.36. The summed E-state index contributed by atoms with van der Waals surface area (Å²) in [4.78, 5) is 6.23. The van der Waals surface area contributed by atoms with E-state index in [1.807, 2.05) is 19.2 Å². The largest absolute Gasteiger partial charge is 0.382 e. The minimum atomic E-state index is -0.00373. The van der Waals surface area contributed by atoms with Gasteiger partial charge in [0.1, 0.15) is 11.5 Å². The summed E-state index contributed by atoms with van der Waals surface area (Å²) < 4.78 is 5.56. The lowest BCUT2D eigenvalue weighted by molar-refractivity contribution is 0.118. The Morgan fingerprint density at radius 1 is 1.65 bits per heavy atom. The number of ether oxygens (including phenoxy) is 1. The highest BCUT2D eigenvalue weighted by Crippen LogP contribution is 2.24. The van der Waals surface area contributed by atoms with Crippen molar-refractivity contribution in [3.8, 4) is 0 Å². The quantitative estimate of drug-likeness (QED) is 0.604. The van der Waals surface area contributed by atoms with Crippen LogP contribution in [0.15, 0.2) is 18.3 Å². The van der Waals surface area contributed by atoms with Crippen LogP contribution in [0.1, 0.15) is 19.0 Å². The third kappa shape index (κ3) is 2.39. The molecule has 1 fully saturated rings. The van der Waals surface area contributed by atoms with Gasteiger partial charge < -0.3 is 15.4 Å². The summed E-state index contributed by atoms with van der Waals surface area (Å²) in [5.74, 6) is -0.00373. The fourth-order valence-electron chi connectivity index (χ4n) is 2.21. The predicted octanol–water partition coefficient (Wildman–Crippen LogP) is 0.979. The van der Waals surface area contributed by atoms with Crippen molar-refractivity contribution in [2.45, 2.75) is 25.5 Å². The highest BCUT2D eigenvalue weighted by atomic mass is 16.5. The maximum atomic E-state index is 7.39. The van der Waals surface area contributed by atoms with Gasteiger partial charge in [0, 0.05) is 25.5 Å². The molecule has 0 bridgehead atoms. The molecular weight excluding hydrogens is 216 g/mol. The normalized spacial score (nSPS) is 23.6. The Morgan fingerprint density at radius 2 is 2.41 bits per heavy atom. The molecule has 2 heterocycles. The van der Waals surface area contributed by atoms with Crippen molar-refractivity contribution in [2.75, 3.05) is 18.6 Å². The first-order valence-corrected chi connectivity index (χ1v) is 5.74. The average Bonchev–Trinajstić information content (AvgIpc) is 2.74. The molecule has 5 nitrogen and oxygen atoms in total. The molecule has 2 unspecified atom stereocenters. The van der Waals surface area contributed by atoms with Crippen molar-refractivity contribution in [3.05, 3.63) is 24.0 Å². The fraction of sp³-hybridized carbons (Fsp3) is 0.500. The van der Waals surface area contributed by atoms with E-state index in [0.717, 1.165) is 18.7 Å². The van der Waals surface area contributed by atoms with Gasteiger partial charge in [-0.2, -0.15) is 0 Å². The van der Waals surface area contributed by atoms with Crippen molar-refractivity contribution in [3.63, 3.8) is 0 Å². The number of nitrogens with one attached hydrogen (secondary N) is 1. The van der Waals surface area contributed by atoms with E-state index in [1.54, 1.807) is 6.20 Å². The van der Waals surface area contributed by atoms with Crippen molar-refractivity contribution < 1.29 is 4.74 Å². The van der Waals surface area contributed by atoms with Crippen LogP contribution in [-0.4, -0.2) is 36.6 Å². The summed E-state index contributed by atoms with van der Waals surface area (Å²) in [7, 11) is 2.04. The van der Waals surface area contributed by atoms with Crippen LogP contribution in [0.5, 0.6) is 0 Å². The Bertz CT molecular complexity index is 421. The number of nitrogen functional groups attached to an aromatic ring is 1. The minimum absolute atomic E-state index is 0.00373. The van der Waals surface area contributed by atoms with Gasteiger partial charge in [0.05, 0.1) is 12.1 Å². The monoisotopic (exact) mass is 234 g/mol. The summed E-state index contributed by atoms with van der Waals surface area (Å²) in [6.45, 7) is 2.89. The molecule has 1 aliphatic heterocycles. The highest BCUT2D eigenvalue weighted by molar-refractivity contribution is 5.93. The standard InChI is InChI=1S/C12H18N4O/c1-8-11(4-6-17-8)16(2)9-3-5-15-10(7-9)12(13)14/h3,5,7-8,11H,4,6H2,1-2H3,(H3,13,14). The van der Waals surface area contributed by atoms with Crippen LogP contribution in [0.4, 0.5) is 5.69 Å². The Hall–Kier alpha value is -1.62. The lowest BCUT2D eigenvalue weighted by atomic mass is 10.1. The minimum Gasteiger partial charge on any atom is -0.382 e. The van der Waals surface area contributed by atoms with Gasteiger partial charge in [-0.25, -0.2) is 0 Å². The molecule has 0 spiro atoms. The number of anilines is 1. The van der Waals surface area contributed by atoms with E-state index in [1.165, 1.54) is 0 Å². The van der Waals surface area contributed by atoms with Gasteiger partial charge in [0.2, 0.25) is 0 Å². The first kappa shape index (κ1) is 11.9. The summed E-state index contributed by atoms with van der Waals surface area (Å²) in [5.41, 5.74) is 6.98. The molecule has 0 aliphatic carbocycles. The van der Waals surface area contributed by atoms with Gasteiger partial charge in [0.15, 0.2) is 0 Å². The maximum absolute atomic E-state index is 7.39. The molecule has 17 heavy (non-hydrogen) atoms. The zero-order valence-electron chi connectivity index (χ0n) is 10.2. The summed E-state index contributed by atoms with van der Waals surface area (Å²) in [6.07, 6.45) is 2.94. The lowest BCUT2D eigenvalue weighted by Gasteiger charge is -2.28. The van der Waals surface area contributed by atoms with E-state index < -0.39 is 0 Å².